The van der Waals surface area contributed by atoms with E-state index >= 15 is 0 Å². The second-order valence-corrected chi connectivity index (χ2v) is 8.57. The molecule has 1 saturated carbocycles. The molecular formula is C23H38O5. The molecule has 2 fully saturated rings. The quantitative estimate of drug-likeness (QED) is 0.329. The van der Waals surface area contributed by atoms with Crippen molar-refractivity contribution in [2.45, 2.75) is 95.0 Å². The fourth-order valence-corrected chi connectivity index (χ4v) is 4.84. The minimum Gasteiger partial charge on any atom is -0.393 e. The zero-order valence-corrected chi connectivity index (χ0v) is 17.3. The Morgan fingerprint density at radius 3 is 2.68 bits per heavy atom. The molecule has 0 aromatic heterocycles. The maximum absolute atomic E-state index is 11.1. The minimum atomic E-state index is -0.786. The van der Waals surface area contributed by atoms with Gasteiger partial charge in [-0.2, -0.15) is 0 Å². The second kappa shape index (κ2) is 11.2. The van der Waals surface area contributed by atoms with E-state index in [2.05, 4.69) is 13.5 Å². The first kappa shape index (κ1) is 23.3. The lowest BCUT2D eigenvalue weighted by atomic mass is 9.83. The lowest BCUT2D eigenvalue weighted by molar-refractivity contribution is -0.117. The maximum Gasteiger partial charge on any atom is 0.180 e. The lowest BCUT2D eigenvalue weighted by Gasteiger charge is -2.26. The van der Waals surface area contributed by atoms with Crippen molar-refractivity contribution in [3.8, 4) is 0 Å². The highest BCUT2D eigenvalue weighted by molar-refractivity contribution is 5.90. The molecular weight excluding hydrogens is 356 g/mol. The Bertz CT molecular complexity index is 531. The Morgan fingerprint density at radius 1 is 1.25 bits per heavy atom. The van der Waals surface area contributed by atoms with Gasteiger partial charge in [-0.3, -0.25) is 4.79 Å². The molecule has 3 N–H and O–H groups in total. The molecule has 0 amide bonds. The van der Waals surface area contributed by atoms with Crippen LogP contribution < -0.4 is 0 Å². The fourth-order valence-electron chi connectivity index (χ4n) is 4.84. The van der Waals surface area contributed by atoms with Gasteiger partial charge in [0.15, 0.2) is 5.78 Å². The van der Waals surface area contributed by atoms with Crippen LogP contribution in [0.4, 0.5) is 0 Å². The monoisotopic (exact) mass is 394 g/mol. The van der Waals surface area contributed by atoms with Gasteiger partial charge in [-0.25, -0.2) is 0 Å². The average molecular weight is 395 g/mol. The standard InChI is InChI=1S/C23H38O5/c1-3-5-12-23(27,4-2)13-8-11-19-20-14-18(28-22(20)15-21(19)26)10-7-6-9-17(25)16-24/h4,6,9,18-22,24,26-27H,2-3,5,7-8,10-16H2,1H3/t18?,19-,20-,21-,22+,23?/m1/s1. The van der Waals surface area contributed by atoms with Crippen LogP contribution in [0, 0.1) is 11.8 Å². The third-order valence-corrected chi connectivity index (χ3v) is 6.50. The number of rotatable bonds is 13. The lowest BCUT2D eigenvalue weighted by Crippen LogP contribution is -2.27. The number of hydrogen-bond donors (Lipinski definition) is 3. The van der Waals surface area contributed by atoms with Crippen molar-refractivity contribution in [1.82, 2.24) is 0 Å². The molecule has 0 spiro atoms. The summed E-state index contributed by atoms with van der Waals surface area (Å²) in [6, 6.07) is 0. The number of allylic oxidation sites excluding steroid dienone is 1. The van der Waals surface area contributed by atoms with Crippen molar-refractivity contribution in [3.63, 3.8) is 0 Å². The largest absolute Gasteiger partial charge is 0.393 e. The van der Waals surface area contributed by atoms with E-state index in [4.69, 9.17) is 9.84 Å². The molecule has 5 nitrogen and oxygen atoms in total. The summed E-state index contributed by atoms with van der Waals surface area (Å²) < 4.78 is 6.15. The summed E-state index contributed by atoms with van der Waals surface area (Å²) in [5.74, 6) is 0.350. The Morgan fingerprint density at radius 2 is 2.00 bits per heavy atom. The van der Waals surface area contributed by atoms with Crippen LogP contribution in [0.15, 0.2) is 24.8 Å². The summed E-state index contributed by atoms with van der Waals surface area (Å²) in [4.78, 5) is 11.1. The molecule has 1 heterocycles. The summed E-state index contributed by atoms with van der Waals surface area (Å²) in [5, 5.41) is 29.8. The van der Waals surface area contributed by atoms with E-state index in [1.165, 1.54) is 6.08 Å². The first-order valence-electron chi connectivity index (χ1n) is 10.9. The third kappa shape index (κ3) is 6.51. The minimum absolute atomic E-state index is 0.131. The number of ketones is 1. The number of fused-ring (bicyclic) bond motifs is 1. The molecule has 2 rings (SSSR count). The normalized spacial score (nSPS) is 31.8. The van der Waals surface area contributed by atoms with Crippen LogP contribution in [0.2, 0.25) is 0 Å². The average Bonchev–Trinajstić information content (AvgIpc) is 3.20. The number of carbonyl (C=O) groups excluding carboxylic acids is 1. The maximum atomic E-state index is 11.1. The number of ether oxygens (including phenoxy) is 1. The van der Waals surface area contributed by atoms with Crippen molar-refractivity contribution in [1.29, 1.82) is 0 Å². The molecule has 6 atom stereocenters. The first-order chi connectivity index (χ1) is 13.4. The van der Waals surface area contributed by atoms with Crippen LogP contribution in [-0.4, -0.2) is 51.6 Å². The Labute approximate surface area is 169 Å². The number of aliphatic hydroxyl groups excluding tert-OH is 2. The summed E-state index contributed by atoms with van der Waals surface area (Å²) >= 11 is 0. The van der Waals surface area contributed by atoms with E-state index in [0.717, 1.165) is 51.4 Å². The van der Waals surface area contributed by atoms with E-state index in [0.29, 0.717) is 18.8 Å². The van der Waals surface area contributed by atoms with Crippen LogP contribution in [0.3, 0.4) is 0 Å². The number of carbonyl (C=O) groups is 1. The Kier molecular flexibility index (Phi) is 9.35. The summed E-state index contributed by atoms with van der Waals surface area (Å²) in [6.45, 7) is 5.48. The van der Waals surface area contributed by atoms with Crippen LogP contribution >= 0.6 is 0 Å². The van der Waals surface area contributed by atoms with Gasteiger partial charge in [0.2, 0.25) is 0 Å². The van der Waals surface area contributed by atoms with Gasteiger partial charge in [0.1, 0.15) is 6.61 Å². The zero-order valence-electron chi connectivity index (χ0n) is 17.3. The molecule has 0 aromatic carbocycles. The van der Waals surface area contributed by atoms with Crippen LogP contribution in [0.1, 0.15) is 71.1 Å². The van der Waals surface area contributed by atoms with Gasteiger partial charge in [-0.05, 0) is 62.9 Å². The Balaban J connectivity index is 1.77. The highest BCUT2D eigenvalue weighted by Crippen LogP contribution is 2.46. The summed E-state index contributed by atoms with van der Waals surface area (Å²) in [7, 11) is 0. The number of hydrogen-bond acceptors (Lipinski definition) is 5. The van der Waals surface area contributed by atoms with Crippen molar-refractivity contribution < 1.29 is 24.9 Å². The van der Waals surface area contributed by atoms with E-state index in [-0.39, 0.29) is 30.0 Å². The topological polar surface area (TPSA) is 87.0 Å². The molecule has 1 aliphatic carbocycles. The van der Waals surface area contributed by atoms with E-state index in [1.54, 1.807) is 12.2 Å². The molecule has 5 heteroatoms. The smallest absolute Gasteiger partial charge is 0.180 e. The highest BCUT2D eigenvalue weighted by atomic mass is 16.5. The van der Waals surface area contributed by atoms with Gasteiger partial charge in [0.25, 0.3) is 0 Å². The molecule has 28 heavy (non-hydrogen) atoms. The van der Waals surface area contributed by atoms with Crippen LogP contribution in [0.25, 0.3) is 0 Å². The first-order valence-corrected chi connectivity index (χ1v) is 10.9. The predicted molar refractivity (Wildman–Crippen MR) is 110 cm³/mol. The number of unbranched alkanes of at least 4 members (excludes halogenated alkanes) is 1. The van der Waals surface area contributed by atoms with Crippen molar-refractivity contribution in [2.24, 2.45) is 11.8 Å². The van der Waals surface area contributed by atoms with Gasteiger partial charge in [0.05, 0.1) is 23.9 Å². The SMILES string of the molecule is C=CC(O)(CCCC)CCC[C@@H]1[C@H]2CC(CCC=CC(=O)CO)O[C@H]2C[C@H]1O. The predicted octanol–water partition coefficient (Wildman–Crippen LogP) is 3.32. The Hall–Kier alpha value is -1.01. The van der Waals surface area contributed by atoms with Gasteiger partial charge in [0, 0.05) is 6.42 Å². The summed E-state index contributed by atoms with van der Waals surface area (Å²) in [6.07, 6.45) is 13.5. The van der Waals surface area contributed by atoms with E-state index in [9.17, 15) is 15.0 Å². The van der Waals surface area contributed by atoms with Crippen molar-refractivity contribution >= 4 is 5.78 Å². The van der Waals surface area contributed by atoms with Gasteiger partial charge >= 0.3 is 0 Å². The summed E-state index contributed by atoms with van der Waals surface area (Å²) in [5.41, 5.74) is -0.786. The molecule has 1 aliphatic heterocycles. The molecule has 2 unspecified atom stereocenters. The van der Waals surface area contributed by atoms with Gasteiger partial charge < -0.3 is 20.1 Å². The van der Waals surface area contributed by atoms with Crippen molar-refractivity contribution in [3.05, 3.63) is 24.8 Å². The van der Waals surface area contributed by atoms with Crippen molar-refractivity contribution in [2.75, 3.05) is 6.61 Å². The molecule has 2 aliphatic rings. The van der Waals surface area contributed by atoms with Crippen LogP contribution in [0.5, 0.6) is 0 Å². The highest BCUT2D eigenvalue weighted by Gasteiger charge is 2.48. The van der Waals surface area contributed by atoms with Crippen LogP contribution in [-0.2, 0) is 9.53 Å². The fraction of sp³-hybridized carbons (Fsp3) is 0.783. The van der Waals surface area contributed by atoms with Gasteiger partial charge in [-0.1, -0.05) is 31.9 Å². The molecule has 0 aromatic rings. The molecule has 160 valence electrons. The van der Waals surface area contributed by atoms with Gasteiger partial charge in [-0.15, -0.1) is 6.58 Å². The van der Waals surface area contributed by atoms with E-state index < -0.39 is 12.2 Å². The zero-order chi connectivity index (χ0) is 20.6. The molecule has 0 bridgehead atoms. The number of aliphatic hydroxyl groups is 3. The van der Waals surface area contributed by atoms with E-state index in [1.807, 2.05) is 0 Å². The molecule has 0 radical (unpaired) electrons. The second-order valence-electron chi connectivity index (χ2n) is 8.57. The molecule has 1 saturated heterocycles. The third-order valence-electron chi connectivity index (χ3n) is 6.50.